The molecule has 2 aromatic rings. The van der Waals surface area contributed by atoms with Gasteiger partial charge in [0.2, 0.25) is 0 Å². The molecule has 2 aromatic carbocycles. The average molecular weight is 367 g/mol. The van der Waals surface area contributed by atoms with Crippen molar-refractivity contribution >= 4 is 10.8 Å². The summed E-state index contributed by atoms with van der Waals surface area (Å²) in [5, 5.41) is 3.00. The highest BCUT2D eigenvalue weighted by Crippen LogP contribution is 2.46. The minimum Gasteiger partial charge on any atom is -0.0576 e. The summed E-state index contributed by atoms with van der Waals surface area (Å²) in [6, 6.07) is 7.29. The fraction of sp³-hybridized carbons (Fsp3) is 0.630. The molecule has 0 radical (unpaired) electrons. The van der Waals surface area contributed by atoms with Crippen LogP contribution in [0.1, 0.15) is 111 Å². The molecule has 0 heteroatoms. The van der Waals surface area contributed by atoms with Crippen molar-refractivity contribution in [1.29, 1.82) is 0 Å². The fourth-order valence-electron chi connectivity index (χ4n) is 4.51. The highest BCUT2D eigenvalue weighted by atomic mass is 14.4. The Kier molecular flexibility index (Phi) is 5.18. The second-order valence-corrected chi connectivity index (χ2v) is 12.5. The summed E-state index contributed by atoms with van der Waals surface area (Å²) >= 11 is 0. The van der Waals surface area contributed by atoms with Gasteiger partial charge in [-0.1, -0.05) is 101 Å². The summed E-state index contributed by atoms with van der Waals surface area (Å²) in [7, 11) is 0. The zero-order valence-electron chi connectivity index (χ0n) is 20.2. The van der Waals surface area contributed by atoms with Crippen molar-refractivity contribution in [3.63, 3.8) is 0 Å². The number of fused-ring (bicyclic) bond motifs is 1. The maximum atomic E-state index is 2.48. The van der Waals surface area contributed by atoms with Gasteiger partial charge < -0.3 is 0 Å². The molecule has 0 saturated heterocycles. The first-order valence-electron chi connectivity index (χ1n) is 10.5. The van der Waals surface area contributed by atoms with E-state index in [4.69, 9.17) is 0 Å². The highest BCUT2D eigenvalue weighted by Gasteiger charge is 2.32. The second kappa shape index (κ2) is 6.36. The molecule has 0 atom stereocenters. The van der Waals surface area contributed by atoms with Crippen LogP contribution in [0.15, 0.2) is 18.2 Å². The molecule has 0 heterocycles. The van der Waals surface area contributed by atoms with Gasteiger partial charge in [-0.25, -0.2) is 0 Å². The molecular formula is C27H42. The first-order valence-corrected chi connectivity index (χ1v) is 10.5. The van der Waals surface area contributed by atoms with Gasteiger partial charge in [0.05, 0.1) is 0 Å². The van der Waals surface area contributed by atoms with E-state index in [1.54, 1.807) is 0 Å². The van der Waals surface area contributed by atoms with E-state index in [1.807, 2.05) is 0 Å². The van der Waals surface area contributed by atoms with Gasteiger partial charge >= 0.3 is 0 Å². The molecule has 0 aliphatic rings. The van der Waals surface area contributed by atoms with Crippen molar-refractivity contribution in [2.75, 3.05) is 0 Å². The summed E-state index contributed by atoms with van der Waals surface area (Å²) in [6.45, 7) is 30.6. The number of hydrogen-bond donors (Lipinski definition) is 0. The Hall–Kier alpha value is -1.30. The molecule has 0 unspecified atom stereocenters. The molecule has 0 fully saturated rings. The largest absolute Gasteiger partial charge is 0.0576 e. The molecule has 0 spiro atoms. The molecule has 0 aromatic heterocycles. The predicted molar refractivity (Wildman–Crippen MR) is 123 cm³/mol. The van der Waals surface area contributed by atoms with Crippen LogP contribution in [-0.4, -0.2) is 0 Å². The summed E-state index contributed by atoms with van der Waals surface area (Å²) in [6.07, 6.45) is 0. The van der Waals surface area contributed by atoms with Crippen LogP contribution in [-0.2, 0) is 21.7 Å². The lowest BCUT2D eigenvalue weighted by atomic mass is 9.68. The van der Waals surface area contributed by atoms with Crippen LogP contribution in [0.2, 0.25) is 0 Å². The summed E-state index contributed by atoms with van der Waals surface area (Å²) in [5.41, 5.74) is 7.81. The Morgan fingerprint density at radius 1 is 0.481 bits per heavy atom. The minimum absolute atomic E-state index is 0.106. The van der Waals surface area contributed by atoms with Crippen LogP contribution in [0, 0.1) is 6.92 Å². The predicted octanol–water partition coefficient (Wildman–Crippen LogP) is 8.34. The molecule has 2 rings (SSSR count). The number of rotatable bonds is 0. The molecule has 0 amide bonds. The normalized spacial score (nSPS) is 14.1. The third-order valence-corrected chi connectivity index (χ3v) is 5.65. The first kappa shape index (κ1) is 22.0. The lowest BCUT2D eigenvalue weighted by molar-refractivity contribution is 0.564. The molecule has 0 aliphatic heterocycles. The van der Waals surface area contributed by atoms with Gasteiger partial charge in [0, 0.05) is 0 Å². The van der Waals surface area contributed by atoms with E-state index in [0.29, 0.717) is 0 Å². The second-order valence-electron chi connectivity index (χ2n) is 12.5. The summed E-state index contributed by atoms with van der Waals surface area (Å²) < 4.78 is 0. The van der Waals surface area contributed by atoms with Gasteiger partial charge in [-0.05, 0) is 67.2 Å². The average Bonchev–Trinajstić information content (AvgIpc) is 2.40. The Bertz CT molecular complexity index is 851. The van der Waals surface area contributed by atoms with E-state index < -0.39 is 0 Å². The van der Waals surface area contributed by atoms with Crippen molar-refractivity contribution in [1.82, 2.24) is 0 Å². The van der Waals surface area contributed by atoms with Crippen molar-refractivity contribution in [3.05, 3.63) is 46.0 Å². The van der Waals surface area contributed by atoms with E-state index in [-0.39, 0.29) is 21.7 Å². The van der Waals surface area contributed by atoms with Crippen LogP contribution in [0.3, 0.4) is 0 Å². The van der Waals surface area contributed by atoms with Crippen molar-refractivity contribution < 1.29 is 0 Å². The Morgan fingerprint density at radius 3 is 1.19 bits per heavy atom. The van der Waals surface area contributed by atoms with Gasteiger partial charge in [-0.2, -0.15) is 0 Å². The third-order valence-electron chi connectivity index (χ3n) is 5.65. The van der Waals surface area contributed by atoms with Gasteiger partial charge in [0.1, 0.15) is 0 Å². The molecule has 0 bridgehead atoms. The third kappa shape index (κ3) is 4.10. The topological polar surface area (TPSA) is 0 Å². The Labute approximate surface area is 168 Å². The molecule has 0 nitrogen and oxygen atoms in total. The fourth-order valence-corrected chi connectivity index (χ4v) is 4.51. The maximum absolute atomic E-state index is 2.48. The minimum atomic E-state index is 0.106. The van der Waals surface area contributed by atoms with Gasteiger partial charge in [-0.3, -0.25) is 0 Å². The summed E-state index contributed by atoms with van der Waals surface area (Å²) in [5.74, 6) is 0. The molecule has 150 valence electrons. The van der Waals surface area contributed by atoms with E-state index >= 15 is 0 Å². The zero-order valence-corrected chi connectivity index (χ0v) is 20.2. The monoisotopic (exact) mass is 366 g/mol. The SMILES string of the molecule is Cc1cc(C(C)(C)C)c2c(C(C)(C)C)ccc(C(C)(C)C)c2c1C(C)(C)C. The van der Waals surface area contributed by atoms with E-state index in [0.717, 1.165) is 0 Å². The molecule has 0 saturated carbocycles. The smallest absolute Gasteiger partial charge is 0.0101 e. The molecule has 0 aliphatic carbocycles. The summed E-state index contributed by atoms with van der Waals surface area (Å²) in [4.78, 5) is 0. The standard InChI is InChI=1S/C27H42/c1-17-16-20(26(8,9)10)21-18(24(2,3)4)14-15-19(25(5,6)7)22(21)23(17)27(11,12)13/h14-16H,1-13H3. The van der Waals surface area contributed by atoms with E-state index in [1.165, 1.54) is 38.6 Å². The number of benzene rings is 2. The van der Waals surface area contributed by atoms with Gasteiger partial charge in [0.25, 0.3) is 0 Å². The molecular weight excluding hydrogens is 324 g/mol. The van der Waals surface area contributed by atoms with Crippen LogP contribution >= 0.6 is 0 Å². The lowest BCUT2D eigenvalue weighted by Crippen LogP contribution is -2.24. The van der Waals surface area contributed by atoms with Gasteiger partial charge in [0.15, 0.2) is 0 Å². The molecule has 0 N–H and O–H groups in total. The number of hydrogen-bond acceptors (Lipinski definition) is 0. The molecule has 27 heavy (non-hydrogen) atoms. The highest BCUT2D eigenvalue weighted by molar-refractivity contribution is 5.97. The Morgan fingerprint density at radius 2 is 0.852 bits per heavy atom. The van der Waals surface area contributed by atoms with E-state index in [9.17, 15) is 0 Å². The van der Waals surface area contributed by atoms with Crippen LogP contribution < -0.4 is 0 Å². The van der Waals surface area contributed by atoms with Crippen LogP contribution in [0.5, 0.6) is 0 Å². The first-order chi connectivity index (χ1) is 11.9. The van der Waals surface area contributed by atoms with Crippen LogP contribution in [0.25, 0.3) is 10.8 Å². The van der Waals surface area contributed by atoms with Crippen molar-refractivity contribution in [2.45, 2.75) is 112 Å². The van der Waals surface area contributed by atoms with Crippen molar-refractivity contribution in [2.24, 2.45) is 0 Å². The van der Waals surface area contributed by atoms with Crippen molar-refractivity contribution in [3.8, 4) is 0 Å². The maximum Gasteiger partial charge on any atom is -0.0101 e. The Balaban J connectivity index is 3.32. The zero-order chi connectivity index (χ0) is 21.2. The van der Waals surface area contributed by atoms with Crippen LogP contribution in [0.4, 0.5) is 0 Å². The quantitative estimate of drug-likeness (QED) is 0.439. The lowest BCUT2D eigenvalue weighted by Gasteiger charge is -2.36. The number of aryl methyl sites for hydroxylation is 1. The van der Waals surface area contributed by atoms with Gasteiger partial charge in [-0.15, -0.1) is 0 Å². The van der Waals surface area contributed by atoms with E-state index in [2.05, 4.69) is 108 Å².